The Morgan fingerprint density at radius 2 is 2.00 bits per heavy atom. The summed E-state index contributed by atoms with van der Waals surface area (Å²) in [6, 6.07) is 7.87. The molecule has 0 fully saturated rings. The van der Waals surface area contributed by atoms with Crippen molar-refractivity contribution in [3.63, 3.8) is 0 Å². The van der Waals surface area contributed by atoms with Crippen molar-refractivity contribution >= 4 is 10.8 Å². The Kier molecular flexibility index (Phi) is 4.17. The van der Waals surface area contributed by atoms with Gasteiger partial charge in [0.1, 0.15) is 6.10 Å². The molecule has 2 rings (SSSR count). The van der Waals surface area contributed by atoms with Gasteiger partial charge < -0.3 is 9.84 Å². The number of aliphatic hydroxyl groups excluding tert-OH is 1. The standard InChI is InChI=1S/C16H21NO2/c1-4-16(5-2,19-3)15(18)14-8-6-7-12-11-17-10-9-13(12)14/h6-11,15,18H,4-5H2,1-3H3. The molecule has 0 saturated heterocycles. The van der Waals surface area contributed by atoms with E-state index in [1.807, 2.05) is 44.3 Å². The molecule has 1 heterocycles. The van der Waals surface area contributed by atoms with Gasteiger partial charge in [-0.25, -0.2) is 0 Å². The smallest absolute Gasteiger partial charge is 0.108 e. The third-order valence-corrected chi connectivity index (χ3v) is 4.11. The SMILES string of the molecule is CCC(CC)(OC)C(O)c1cccc2cnccc12. The first-order valence-electron chi connectivity index (χ1n) is 6.74. The van der Waals surface area contributed by atoms with Crippen molar-refractivity contribution in [1.29, 1.82) is 0 Å². The molecule has 1 aromatic heterocycles. The lowest BCUT2D eigenvalue weighted by molar-refractivity contribution is -0.109. The number of hydrogen-bond acceptors (Lipinski definition) is 3. The van der Waals surface area contributed by atoms with Gasteiger partial charge in [-0.3, -0.25) is 4.98 Å². The minimum Gasteiger partial charge on any atom is -0.385 e. The minimum absolute atomic E-state index is 0.530. The highest BCUT2D eigenvalue weighted by Gasteiger charge is 2.36. The van der Waals surface area contributed by atoms with Crippen molar-refractivity contribution in [3.8, 4) is 0 Å². The molecule has 19 heavy (non-hydrogen) atoms. The first kappa shape index (κ1) is 14.0. The van der Waals surface area contributed by atoms with Crippen molar-refractivity contribution in [2.45, 2.75) is 38.4 Å². The van der Waals surface area contributed by atoms with E-state index in [1.54, 1.807) is 13.3 Å². The molecule has 0 radical (unpaired) electrons. The fraction of sp³-hybridized carbons (Fsp3) is 0.438. The second-order valence-corrected chi connectivity index (χ2v) is 4.82. The molecule has 0 aliphatic carbocycles. The third kappa shape index (κ3) is 2.36. The zero-order chi connectivity index (χ0) is 13.9. The van der Waals surface area contributed by atoms with E-state index in [4.69, 9.17) is 4.74 Å². The number of pyridine rings is 1. The van der Waals surface area contributed by atoms with Crippen LogP contribution in [0, 0.1) is 0 Å². The summed E-state index contributed by atoms with van der Waals surface area (Å²) in [7, 11) is 1.67. The van der Waals surface area contributed by atoms with Gasteiger partial charge in [-0.05, 0) is 29.9 Å². The van der Waals surface area contributed by atoms with Gasteiger partial charge in [0, 0.05) is 24.9 Å². The van der Waals surface area contributed by atoms with Crippen molar-refractivity contribution in [2.75, 3.05) is 7.11 Å². The molecule has 2 aromatic rings. The lowest BCUT2D eigenvalue weighted by Crippen LogP contribution is -2.37. The number of methoxy groups -OCH3 is 1. The van der Waals surface area contributed by atoms with E-state index in [1.165, 1.54) is 0 Å². The predicted molar refractivity (Wildman–Crippen MR) is 77.0 cm³/mol. The summed E-state index contributed by atoms with van der Waals surface area (Å²) in [6.45, 7) is 4.09. The van der Waals surface area contributed by atoms with Gasteiger partial charge in [-0.15, -0.1) is 0 Å². The van der Waals surface area contributed by atoms with E-state index >= 15 is 0 Å². The molecule has 1 unspecified atom stereocenters. The highest BCUT2D eigenvalue weighted by atomic mass is 16.5. The lowest BCUT2D eigenvalue weighted by Gasteiger charge is -2.35. The van der Waals surface area contributed by atoms with Crippen LogP contribution in [0.5, 0.6) is 0 Å². The second-order valence-electron chi connectivity index (χ2n) is 4.82. The van der Waals surface area contributed by atoms with Crippen LogP contribution in [-0.2, 0) is 4.74 Å². The van der Waals surface area contributed by atoms with Gasteiger partial charge in [0.2, 0.25) is 0 Å². The van der Waals surface area contributed by atoms with Crippen molar-refractivity contribution in [3.05, 3.63) is 42.2 Å². The Morgan fingerprint density at radius 3 is 2.63 bits per heavy atom. The molecule has 0 saturated carbocycles. The van der Waals surface area contributed by atoms with E-state index in [-0.39, 0.29) is 0 Å². The fourth-order valence-electron chi connectivity index (χ4n) is 2.71. The topological polar surface area (TPSA) is 42.4 Å². The molecule has 1 N–H and O–H groups in total. The number of rotatable bonds is 5. The van der Waals surface area contributed by atoms with Gasteiger partial charge in [0.15, 0.2) is 0 Å². The largest absolute Gasteiger partial charge is 0.385 e. The molecule has 0 amide bonds. The summed E-state index contributed by atoms with van der Waals surface area (Å²) < 4.78 is 5.64. The molecule has 0 bridgehead atoms. The van der Waals surface area contributed by atoms with Crippen LogP contribution in [0.3, 0.4) is 0 Å². The molecule has 1 aromatic carbocycles. The third-order valence-electron chi connectivity index (χ3n) is 4.11. The molecule has 0 spiro atoms. The molecular formula is C16H21NO2. The number of aliphatic hydroxyl groups is 1. The van der Waals surface area contributed by atoms with Gasteiger partial charge in [-0.1, -0.05) is 32.0 Å². The maximum Gasteiger partial charge on any atom is 0.108 e. The Balaban J connectivity index is 2.55. The van der Waals surface area contributed by atoms with E-state index in [9.17, 15) is 5.11 Å². The van der Waals surface area contributed by atoms with Crippen LogP contribution in [0.4, 0.5) is 0 Å². The summed E-state index contributed by atoms with van der Waals surface area (Å²) in [5.74, 6) is 0. The minimum atomic E-state index is -0.640. The summed E-state index contributed by atoms with van der Waals surface area (Å²) in [5.41, 5.74) is 0.378. The zero-order valence-electron chi connectivity index (χ0n) is 11.8. The normalized spacial score (nSPS) is 13.7. The quantitative estimate of drug-likeness (QED) is 0.894. The van der Waals surface area contributed by atoms with E-state index in [2.05, 4.69) is 4.98 Å². The van der Waals surface area contributed by atoms with Crippen LogP contribution in [0.15, 0.2) is 36.7 Å². The fourth-order valence-corrected chi connectivity index (χ4v) is 2.71. The number of aromatic nitrogens is 1. The van der Waals surface area contributed by atoms with Crippen molar-refractivity contribution in [1.82, 2.24) is 4.98 Å². The van der Waals surface area contributed by atoms with Crippen molar-refractivity contribution in [2.24, 2.45) is 0 Å². The average molecular weight is 259 g/mol. The number of ether oxygens (including phenoxy) is 1. The summed E-state index contributed by atoms with van der Waals surface area (Å²) in [6.07, 6.45) is 4.47. The van der Waals surface area contributed by atoms with Crippen LogP contribution in [-0.4, -0.2) is 22.8 Å². The molecule has 3 nitrogen and oxygen atoms in total. The van der Waals surface area contributed by atoms with Crippen LogP contribution >= 0.6 is 0 Å². The average Bonchev–Trinajstić information content (AvgIpc) is 2.49. The van der Waals surface area contributed by atoms with Crippen LogP contribution in [0.2, 0.25) is 0 Å². The Hall–Kier alpha value is -1.45. The van der Waals surface area contributed by atoms with Crippen LogP contribution < -0.4 is 0 Å². The van der Waals surface area contributed by atoms with Crippen LogP contribution in [0.1, 0.15) is 38.4 Å². The highest BCUT2D eigenvalue weighted by molar-refractivity contribution is 5.85. The van der Waals surface area contributed by atoms with E-state index < -0.39 is 11.7 Å². The summed E-state index contributed by atoms with van der Waals surface area (Å²) in [5, 5.41) is 12.9. The number of fused-ring (bicyclic) bond motifs is 1. The van der Waals surface area contributed by atoms with Crippen molar-refractivity contribution < 1.29 is 9.84 Å². The number of benzene rings is 1. The van der Waals surface area contributed by atoms with Crippen LogP contribution in [0.25, 0.3) is 10.8 Å². The second kappa shape index (κ2) is 5.68. The molecule has 0 aliphatic rings. The molecular weight excluding hydrogens is 238 g/mol. The predicted octanol–water partition coefficient (Wildman–Crippen LogP) is 3.47. The number of nitrogens with zero attached hydrogens (tertiary/aromatic N) is 1. The maximum absolute atomic E-state index is 10.8. The van der Waals surface area contributed by atoms with Gasteiger partial charge >= 0.3 is 0 Å². The first-order valence-corrected chi connectivity index (χ1v) is 6.74. The molecule has 3 heteroatoms. The summed E-state index contributed by atoms with van der Waals surface area (Å²) in [4.78, 5) is 4.12. The zero-order valence-corrected chi connectivity index (χ0v) is 11.8. The van der Waals surface area contributed by atoms with E-state index in [0.717, 1.165) is 29.2 Å². The molecule has 0 aliphatic heterocycles. The Morgan fingerprint density at radius 1 is 1.26 bits per heavy atom. The van der Waals surface area contributed by atoms with Gasteiger partial charge in [0.25, 0.3) is 0 Å². The monoisotopic (exact) mass is 259 g/mol. The first-order chi connectivity index (χ1) is 9.18. The van der Waals surface area contributed by atoms with Gasteiger partial charge in [0.05, 0.1) is 5.60 Å². The Labute approximate surface area is 114 Å². The molecule has 1 atom stereocenters. The maximum atomic E-state index is 10.8. The number of hydrogen-bond donors (Lipinski definition) is 1. The summed E-state index contributed by atoms with van der Waals surface area (Å²) >= 11 is 0. The Bertz CT molecular complexity index is 536. The lowest BCUT2D eigenvalue weighted by atomic mass is 9.84. The van der Waals surface area contributed by atoms with E-state index in [0.29, 0.717) is 0 Å². The highest BCUT2D eigenvalue weighted by Crippen LogP contribution is 2.37. The van der Waals surface area contributed by atoms with Gasteiger partial charge in [-0.2, -0.15) is 0 Å². The molecule has 102 valence electrons.